The number of fused-ring (bicyclic) bond motifs is 1. The van der Waals surface area contributed by atoms with Crippen molar-refractivity contribution < 1.29 is 45.7 Å². The number of hydrogen-bond acceptors (Lipinski definition) is 5. The van der Waals surface area contributed by atoms with Crippen molar-refractivity contribution in [2.75, 3.05) is 33.4 Å². The van der Waals surface area contributed by atoms with E-state index < -0.39 is 53.1 Å². The van der Waals surface area contributed by atoms with E-state index in [9.17, 15) is 36.2 Å². The smallest absolute Gasteiger partial charge is 0.416 e. The summed E-state index contributed by atoms with van der Waals surface area (Å²) in [5.41, 5.74) is -3.87. The van der Waals surface area contributed by atoms with Gasteiger partial charge < -0.3 is 24.8 Å². The fraction of sp³-hybridized carbons (Fsp3) is 0.424. The molecule has 4 atom stereocenters. The number of ether oxygens (including phenoxy) is 2. The van der Waals surface area contributed by atoms with Crippen LogP contribution in [0.15, 0.2) is 72.8 Å². The van der Waals surface area contributed by atoms with Crippen molar-refractivity contribution >= 4 is 5.91 Å². The molecule has 0 unspecified atom stereocenters. The highest BCUT2D eigenvalue weighted by Gasteiger charge is 2.58. The SMILES string of the molecule is COc1ccccc1CC(=O)N1C[C@@H]2[C@H](C1)[C@@](C)(O)CN[C@]2(COCc1cc(C(F)(F)F)cc(C(F)(F)F)c1)c1ccccc1. The number of nitrogens with one attached hydrogen (secondary N) is 1. The minimum Gasteiger partial charge on any atom is -0.496 e. The van der Waals surface area contributed by atoms with E-state index >= 15 is 0 Å². The average Bonchev–Trinajstić information content (AvgIpc) is 3.46. The number of benzene rings is 3. The van der Waals surface area contributed by atoms with Gasteiger partial charge in [-0.25, -0.2) is 0 Å². The topological polar surface area (TPSA) is 71.0 Å². The maximum atomic E-state index is 13.6. The van der Waals surface area contributed by atoms with E-state index in [1.807, 2.05) is 36.4 Å². The van der Waals surface area contributed by atoms with Gasteiger partial charge in [0, 0.05) is 37.0 Å². The van der Waals surface area contributed by atoms with E-state index in [-0.39, 0.29) is 50.2 Å². The highest BCUT2D eigenvalue weighted by Crippen LogP contribution is 2.47. The van der Waals surface area contributed by atoms with Gasteiger partial charge in [0.15, 0.2) is 0 Å². The first-order valence-corrected chi connectivity index (χ1v) is 14.4. The molecule has 0 saturated carbocycles. The van der Waals surface area contributed by atoms with Gasteiger partial charge in [0.2, 0.25) is 5.91 Å². The van der Waals surface area contributed by atoms with Crippen LogP contribution in [0.1, 0.15) is 34.7 Å². The van der Waals surface area contributed by atoms with E-state index in [1.54, 1.807) is 30.0 Å². The number of para-hydroxylation sites is 1. The Bertz CT molecular complexity index is 1480. The lowest BCUT2D eigenvalue weighted by Gasteiger charge is -2.51. The van der Waals surface area contributed by atoms with Crippen molar-refractivity contribution in [2.45, 2.75) is 43.4 Å². The normalized spacial score (nSPS) is 25.2. The van der Waals surface area contributed by atoms with Gasteiger partial charge in [-0.1, -0.05) is 48.5 Å². The molecular formula is C33H34F6N2O4. The molecule has 5 rings (SSSR count). The number of β-amino-alcohol motifs (C(OH)–C–C–N with tert-alkyl or cyclic N) is 1. The fourth-order valence-electron chi connectivity index (χ4n) is 6.59. The molecule has 2 heterocycles. The third-order valence-electron chi connectivity index (χ3n) is 8.94. The predicted molar refractivity (Wildman–Crippen MR) is 153 cm³/mol. The Kier molecular flexibility index (Phi) is 8.96. The summed E-state index contributed by atoms with van der Waals surface area (Å²) in [6, 6.07) is 17.7. The molecule has 2 aliphatic rings. The van der Waals surface area contributed by atoms with Crippen molar-refractivity contribution in [3.05, 3.63) is 101 Å². The zero-order chi connectivity index (χ0) is 32.6. The van der Waals surface area contributed by atoms with Crippen LogP contribution in [0.25, 0.3) is 0 Å². The van der Waals surface area contributed by atoms with Crippen LogP contribution in [-0.2, 0) is 40.5 Å². The molecule has 2 saturated heterocycles. The van der Waals surface area contributed by atoms with Crippen LogP contribution >= 0.6 is 0 Å². The molecular weight excluding hydrogens is 602 g/mol. The summed E-state index contributed by atoms with van der Waals surface area (Å²) in [4.78, 5) is 15.2. The summed E-state index contributed by atoms with van der Waals surface area (Å²) in [5.74, 6) is -0.408. The van der Waals surface area contributed by atoms with Gasteiger partial charge >= 0.3 is 12.4 Å². The van der Waals surface area contributed by atoms with Crippen LogP contribution in [0.2, 0.25) is 0 Å². The molecule has 0 radical (unpaired) electrons. The van der Waals surface area contributed by atoms with Gasteiger partial charge in [0.25, 0.3) is 0 Å². The number of aliphatic hydroxyl groups is 1. The number of likely N-dealkylation sites (tertiary alicyclic amines) is 1. The van der Waals surface area contributed by atoms with Crippen LogP contribution in [-0.4, -0.2) is 54.9 Å². The van der Waals surface area contributed by atoms with Crippen LogP contribution in [0.5, 0.6) is 5.75 Å². The molecule has 2 aliphatic heterocycles. The quantitative estimate of drug-likeness (QED) is 0.306. The summed E-state index contributed by atoms with van der Waals surface area (Å²) in [7, 11) is 1.52. The Labute approximate surface area is 256 Å². The number of halogens is 6. The largest absolute Gasteiger partial charge is 0.496 e. The standard InChI is InChI=1S/C33H34F6N2O4/c1-30(43)19-40-31(23-9-4-3-5-10-23,20-45-18-21-12-24(32(34,35)36)15-25(13-21)33(37,38)39)27-17-41(16-26(27)30)29(42)14-22-8-6-7-11-28(22)44-2/h3-13,15,26-27,40,43H,14,16-20H2,1-2H3/t26-,27+,30-,31+/m0/s1. The van der Waals surface area contributed by atoms with E-state index in [4.69, 9.17) is 9.47 Å². The molecule has 0 spiro atoms. The average molecular weight is 637 g/mol. The number of alkyl halides is 6. The van der Waals surface area contributed by atoms with E-state index in [2.05, 4.69) is 5.32 Å². The number of rotatable bonds is 8. The van der Waals surface area contributed by atoms with E-state index in [0.29, 0.717) is 23.4 Å². The lowest BCUT2D eigenvalue weighted by Crippen LogP contribution is -2.66. The number of piperidine rings is 1. The van der Waals surface area contributed by atoms with E-state index in [0.717, 1.165) is 5.56 Å². The number of amides is 1. The lowest BCUT2D eigenvalue weighted by molar-refractivity contribution is -0.143. The first kappa shape index (κ1) is 32.8. The molecule has 242 valence electrons. The number of carbonyl (C=O) groups is 1. The van der Waals surface area contributed by atoms with Crippen molar-refractivity contribution in [1.29, 1.82) is 0 Å². The van der Waals surface area contributed by atoms with Gasteiger partial charge in [-0.15, -0.1) is 0 Å². The van der Waals surface area contributed by atoms with Gasteiger partial charge in [-0.2, -0.15) is 26.3 Å². The summed E-state index contributed by atoms with van der Waals surface area (Å²) in [6.07, 6.45) is -9.88. The second-order valence-electron chi connectivity index (χ2n) is 12.0. The molecule has 6 nitrogen and oxygen atoms in total. The van der Waals surface area contributed by atoms with Gasteiger partial charge in [-0.3, -0.25) is 4.79 Å². The minimum atomic E-state index is -4.98. The van der Waals surface area contributed by atoms with Crippen molar-refractivity contribution in [3.63, 3.8) is 0 Å². The zero-order valence-corrected chi connectivity index (χ0v) is 24.7. The maximum Gasteiger partial charge on any atom is 0.416 e. The second kappa shape index (κ2) is 12.3. The Hall–Kier alpha value is -3.61. The molecule has 1 amide bonds. The number of methoxy groups -OCH3 is 1. The zero-order valence-electron chi connectivity index (χ0n) is 24.7. The molecule has 0 bridgehead atoms. The summed E-state index contributed by atoms with van der Waals surface area (Å²) in [5, 5.41) is 14.8. The van der Waals surface area contributed by atoms with Crippen LogP contribution in [0, 0.1) is 11.8 Å². The van der Waals surface area contributed by atoms with Crippen molar-refractivity contribution in [3.8, 4) is 5.75 Å². The first-order valence-electron chi connectivity index (χ1n) is 14.4. The molecule has 3 aromatic rings. The molecule has 2 N–H and O–H groups in total. The van der Waals surface area contributed by atoms with Crippen LogP contribution < -0.4 is 10.1 Å². The van der Waals surface area contributed by atoms with E-state index in [1.165, 1.54) is 7.11 Å². The lowest BCUT2D eigenvalue weighted by atomic mass is 9.65. The number of nitrogens with zero attached hydrogens (tertiary/aromatic N) is 1. The molecule has 12 heteroatoms. The molecule has 45 heavy (non-hydrogen) atoms. The Morgan fingerprint density at radius 3 is 2.16 bits per heavy atom. The fourth-order valence-corrected chi connectivity index (χ4v) is 6.59. The highest BCUT2D eigenvalue weighted by molar-refractivity contribution is 5.80. The number of hydrogen-bond donors (Lipinski definition) is 2. The highest BCUT2D eigenvalue weighted by atomic mass is 19.4. The Morgan fingerprint density at radius 1 is 0.933 bits per heavy atom. The minimum absolute atomic E-state index is 0.0744. The summed E-state index contributed by atoms with van der Waals surface area (Å²) < 4.78 is 92.1. The Balaban J connectivity index is 1.44. The van der Waals surface area contributed by atoms with Gasteiger partial charge in [0.1, 0.15) is 5.75 Å². The Morgan fingerprint density at radius 2 is 1.53 bits per heavy atom. The predicted octanol–water partition coefficient (Wildman–Crippen LogP) is 5.82. The van der Waals surface area contributed by atoms with Crippen LogP contribution in [0.3, 0.4) is 0 Å². The monoisotopic (exact) mass is 636 g/mol. The first-order chi connectivity index (χ1) is 21.1. The molecule has 0 aliphatic carbocycles. The number of carbonyl (C=O) groups excluding carboxylic acids is 1. The third-order valence-corrected chi connectivity index (χ3v) is 8.94. The maximum absolute atomic E-state index is 13.6. The molecule has 3 aromatic carbocycles. The van der Waals surface area contributed by atoms with Gasteiger partial charge in [0.05, 0.1) is 49.0 Å². The van der Waals surface area contributed by atoms with Crippen molar-refractivity contribution in [1.82, 2.24) is 10.2 Å². The summed E-state index contributed by atoms with van der Waals surface area (Å²) >= 11 is 0. The molecule has 0 aromatic heterocycles. The van der Waals surface area contributed by atoms with Gasteiger partial charge in [-0.05, 0) is 42.3 Å². The molecule has 2 fully saturated rings. The second-order valence-corrected chi connectivity index (χ2v) is 12.0. The third kappa shape index (κ3) is 6.83. The summed E-state index contributed by atoms with van der Waals surface area (Å²) in [6.45, 7) is 1.63. The van der Waals surface area contributed by atoms with Crippen molar-refractivity contribution in [2.24, 2.45) is 11.8 Å². The van der Waals surface area contributed by atoms with Crippen LogP contribution in [0.4, 0.5) is 26.3 Å².